The maximum Gasteiger partial charge on any atom is 0.314 e. The number of carbonyl (C=O) groups excluding carboxylic acids is 1. The maximum atomic E-state index is 11.3. The fourth-order valence-corrected chi connectivity index (χ4v) is 1.36. The Morgan fingerprint density at radius 3 is 2.71 bits per heavy atom. The Kier molecular flexibility index (Phi) is 5.88. The normalized spacial score (nSPS) is 9.94. The summed E-state index contributed by atoms with van der Waals surface area (Å²) >= 11 is 0. The van der Waals surface area contributed by atoms with Gasteiger partial charge in [0.2, 0.25) is 0 Å². The highest BCUT2D eigenvalue weighted by molar-refractivity contribution is 5.73. The van der Waals surface area contributed by atoms with Crippen LogP contribution in [0.25, 0.3) is 0 Å². The number of hydrogen-bond acceptors (Lipinski definition) is 3. The van der Waals surface area contributed by atoms with Gasteiger partial charge in [0.05, 0.1) is 6.61 Å². The average molecular weight is 238 g/mol. The molecule has 1 aromatic carbocycles. The molecule has 0 saturated heterocycles. The van der Waals surface area contributed by atoms with Gasteiger partial charge in [0.25, 0.3) is 0 Å². The van der Waals surface area contributed by atoms with Gasteiger partial charge in [0.1, 0.15) is 5.75 Å². The van der Waals surface area contributed by atoms with Crippen LogP contribution in [-0.2, 0) is 11.2 Å². The largest absolute Gasteiger partial charge is 0.508 e. The number of carbonyl (C=O) groups is 1. The van der Waals surface area contributed by atoms with Crippen molar-refractivity contribution in [3.05, 3.63) is 29.8 Å². The summed E-state index contributed by atoms with van der Waals surface area (Å²) in [4.78, 5) is 11.3. The molecule has 0 spiro atoms. The Balaban J connectivity index is 2.19. The second-order valence-corrected chi connectivity index (χ2v) is 3.55. The van der Waals surface area contributed by atoms with Crippen LogP contribution in [0, 0.1) is 0 Å². The number of phenolic OH excluding ortho intramolecular Hbond substituents is 1. The third-order valence-electron chi connectivity index (χ3n) is 2.26. The smallest absolute Gasteiger partial charge is 0.314 e. The van der Waals surface area contributed by atoms with E-state index in [0.717, 1.165) is 5.56 Å². The zero-order valence-corrected chi connectivity index (χ0v) is 9.90. The van der Waals surface area contributed by atoms with Gasteiger partial charge in [-0.25, -0.2) is 4.79 Å². The molecule has 2 amide bonds. The molecule has 94 valence electrons. The number of amides is 2. The van der Waals surface area contributed by atoms with Crippen molar-refractivity contribution in [2.75, 3.05) is 26.8 Å². The SMILES string of the molecule is COCCNC(=O)NCCc1ccccc1O. The topological polar surface area (TPSA) is 70.6 Å². The van der Waals surface area contributed by atoms with E-state index in [4.69, 9.17) is 4.74 Å². The molecular weight excluding hydrogens is 220 g/mol. The highest BCUT2D eigenvalue weighted by Crippen LogP contribution is 2.15. The van der Waals surface area contributed by atoms with Gasteiger partial charge in [-0.15, -0.1) is 0 Å². The Morgan fingerprint density at radius 1 is 1.29 bits per heavy atom. The van der Waals surface area contributed by atoms with Gasteiger partial charge in [-0.3, -0.25) is 0 Å². The number of methoxy groups -OCH3 is 1. The molecule has 17 heavy (non-hydrogen) atoms. The van der Waals surface area contributed by atoms with Crippen LogP contribution in [0.15, 0.2) is 24.3 Å². The second-order valence-electron chi connectivity index (χ2n) is 3.55. The van der Waals surface area contributed by atoms with Crippen molar-refractivity contribution in [3.63, 3.8) is 0 Å². The van der Waals surface area contributed by atoms with Crippen LogP contribution >= 0.6 is 0 Å². The number of nitrogens with one attached hydrogen (secondary N) is 2. The molecule has 1 rings (SSSR count). The molecule has 0 aliphatic carbocycles. The quantitative estimate of drug-likeness (QED) is 0.644. The molecule has 0 atom stereocenters. The van der Waals surface area contributed by atoms with E-state index in [1.54, 1.807) is 19.2 Å². The molecule has 1 aromatic rings. The van der Waals surface area contributed by atoms with Crippen molar-refractivity contribution in [3.8, 4) is 5.75 Å². The number of hydrogen-bond donors (Lipinski definition) is 3. The first-order chi connectivity index (χ1) is 8.24. The third kappa shape index (κ3) is 5.21. The molecule has 5 heteroatoms. The first-order valence-corrected chi connectivity index (χ1v) is 5.51. The molecule has 0 bridgehead atoms. The lowest BCUT2D eigenvalue weighted by Crippen LogP contribution is -2.38. The van der Waals surface area contributed by atoms with Crippen molar-refractivity contribution in [2.45, 2.75) is 6.42 Å². The lowest BCUT2D eigenvalue weighted by Gasteiger charge is -2.07. The Morgan fingerprint density at radius 2 is 2.00 bits per heavy atom. The van der Waals surface area contributed by atoms with Crippen LogP contribution in [0.1, 0.15) is 5.56 Å². The highest BCUT2D eigenvalue weighted by atomic mass is 16.5. The summed E-state index contributed by atoms with van der Waals surface area (Å²) in [6.45, 7) is 1.46. The Labute approximate surface area is 101 Å². The first kappa shape index (κ1) is 13.3. The van der Waals surface area contributed by atoms with Crippen molar-refractivity contribution < 1.29 is 14.6 Å². The second kappa shape index (κ2) is 7.51. The van der Waals surface area contributed by atoms with Gasteiger partial charge >= 0.3 is 6.03 Å². The monoisotopic (exact) mass is 238 g/mol. The van der Waals surface area contributed by atoms with Gasteiger partial charge in [-0.2, -0.15) is 0 Å². The van der Waals surface area contributed by atoms with E-state index in [-0.39, 0.29) is 11.8 Å². The number of ether oxygens (including phenoxy) is 1. The minimum absolute atomic E-state index is 0.225. The van der Waals surface area contributed by atoms with Gasteiger partial charge in [-0.1, -0.05) is 18.2 Å². The molecule has 0 fully saturated rings. The van der Waals surface area contributed by atoms with Crippen molar-refractivity contribution in [2.24, 2.45) is 0 Å². The summed E-state index contributed by atoms with van der Waals surface area (Å²) in [5.41, 5.74) is 0.824. The van der Waals surface area contributed by atoms with Gasteiger partial charge < -0.3 is 20.5 Å². The van der Waals surface area contributed by atoms with Crippen LogP contribution in [-0.4, -0.2) is 37.9 Å². The molecule has 0 aromatic heterocycles. The van der Waals surface area contributed by atoms with Gasteiger partial charge in [-0.05, 0) is 18.1 Å². The highest BCUT2D eigenvalue weighted by Gasteiger charge is 2.01. The van der Waals surface area contributed by atoms with Crippen molar-refractivity contribution >= 4 is 6.03 Å². The minimum atomic E-state index is -0.225. The predicted molar refractivity (Wildman–Crippen MR) is 65.1 cm³/mol. The summed E-state index contributed by atoms with van der Waals surface area (Å²) in [5, 5.41) is 14.9. The Hall–Kier alpha value is -1.75. The van der Waals surface area contributed by atoms with E-state index >= 15 is 0 Å². The molecule has 0 heterocycles. The predicted octanol–water partition coefficient (Wildman–Crippen LogP) is 0.880. The average Bonchev–Trinajstić information content (AvgIpc) is 2.32. The molecule has 5 nitrogen and oxygen atoms in total. The van der Waals surface area contributed by atoms with E-state index in [1.807, 2.05) is 12.1 Å². The van der Waals surface area contributed by atoms with Crippen LogP contribution in [0.4, 0.5) is 4.79 Å². The van der Waals surface area contributed by atoms with E-state index in [2.05, 4.69) is 10.6 Å². The molecule has 0 aliphatic rings. The molecule has 3 N–H and O–H groups in total. The lowest BCUT2D eigenvalue weighted by molar-refractivity contribution is 0.196. The standard InChI is InChI=1S/C12H18N2O3/c1-17-9-8-14-12(16)13-7-6-10-4-2-3-5-11(10)15/h2-5,15H,6-9H2,1H3,(H2,13,14,16). The summed E-state index contributed by atoms with van der Waals surface area (Å²) in [5.74, 6) is 0.258. The summed E-state index contributed by atoms with van der Waals surface area (Å²) in [6.07, 6.45) is 0.602. The fourth-order valence-electron chi connectivity index (χ4n) is 1.36. The van der Waals surface area contributed by atoms with E-state index < -0.39 is 0 Å². The number of para-hydroxylation sites is 1. The molecule has 0 unspecified atom stereocenters. The van der Waals surface area contributed by atoms with Crippen LogP contribution in [0.5, 0.6) is 5.75 Å². The summed E-state index contributed by atoms with van der Waals surface area (Å²) in [6, 6.07) is 6.86. The van der Waals surface area contributed by atoms with Crippen LogP contribution in [0.2, 0.25) is 0 Å². The number of aromatic hydroxyl groups is 1. The van der Waals surface area contributed by atoms with E-state index in [1.165, 1.54) is 0 Å². The maximum absolute atomic E-state index is 11.3. The number of rotatable bonds is 6. The summed E-state index contributed by atoms with van der Waals surface area (Å²) < 4.78 is 4.81. The van der Waals surface area contributed by atoms with E-state index in [0.29, 0.717) is 26.1 Å². The molecule has 0 saturated carbocycles. The Bertz CT molecular complexity index is 355. The summed E-state index contributed by atoms with van der Waals surface area (Å²) in [7, 11) is 1.58. The number of phenols is 1. The van der Waals surface area contributed by atoms with Crippen LogP contribution in [0.3, 0.4) is 0 Å². The van der Waals surface area contributed by atoms with Gasteiger partial charge in [0, 0.05) is 20.2 Å². The van der Waals surface area contributed by atoms with Crippen LogP contribution < -0.4 is 10.6 Å². The van der Waals surface area contributed by atoms with Gasteiger partial charge in [0.15, 0.2) is 0 Å². The number of urea groups is 1. The number of benzene rings is 1. The zero-order valence-electron chi connectivity index (χ0n) is 9.90. The van der Waals surface area contributed by atoms with E-state index in [9.17, 15) is 9.90 Å². The molecular formula is C12H18N2O3. The van der Waals surface area contributed by atoms with Crippen molar-refractivity contribution in [1.82, 2.24) is 10.6 Å². The zero-order chi connectivity index (χ0) is 12.5. The van der Waals surface area contributed by atoms with Crippen molar-refractivity contribution in [1.29, 1.82) is 0 Å². The first-order valence-electron chi connectivity index (χ1n) is 5.51. The minimum Gasteiger partial charge on any atom is -0.508 e. The third-order valence-corrected chi connectivity index (χ3v) is 2.26. The fraction of sp³-hybridized carbons (Fsp3) is 0.417. The lowest BCUT2D eigenvalue weighted by atomic mass is 10.1. The molecule has 0 radical (unpaired) electrons. The molecule has 0 aliphatic heterocycles.